The Morgan fingerprint density at radius 2 is 1.84 bits per heavy atom. The monoisotopic (exact) mass is 277 g/mol. The van der Waals surface area contributed by atoms with Crippen LogP contribution in [0.4, 0.5) is 13.2 Å². The third kappa shape index (κ3) is 5.94. The minimum Gasteiger partial charge on any atom is -0.497 e. The second-order valence-electron chi connectivity index (χ2n) is 4.00. The van der Waals surface area contributed by atoms with E-state index in [4.69, 9.17) is 9.47 Å². The van der Waals surface area contributed by atoms with Crippen molar-refractivity contribution in [3.8, 4) is 5.75 Å². The van der Waals surface area contributed by atoms with Crippen LogP contribution in [0.5, 0.6) is 5.75 Å². The summed E-state index contributed by atoms with van der Waals surface area (Å²) in [5, 5.41) is 2.99. The summed E-state index contributed by atoms with van der Waals surface area (Å²) in [4.78, 5) is 0. The zero-order chi connectivity index (χ0) is 14.3. The minimum absolute atomic E-state index is 0.332. The van der Waals surface area contributed by atoms with Gasteiger partial charge in [0.15, 0.2) is 0 Å². The van der Waals surface area contributed by atoms with E-state index in [0.717, 1.165) is 0 Å². The molecule has 1 unspecified atom stereocenters. The molecule has 1 atom stereocenters. The Balaban J connectivity index is 2.70. The largest absolute Gasteiger partial charge is 0.497 e. The molecular weight excluding hydrogens is 259 g/mol. The Hall–Kier alpha value is -1.27. The molecule has 1 aromatic carbocycles. The van der Waals surface area contributed by atoms with E-state index in [0.29, 0.717) is 24.4 Å². The van der Waals surface area contributed by atoms with Crippen molar-refractivity contribution in [3.05, 3.63) is 29.8 Å². The van der Waals surface area contributed by atoms with Crippen molar-refractivity contribution in [1.82, 2.24) is 5.32 Å². The van der Waals surface area contributed by atoms with Crippen LogP contribution in [0.1, 0.15) is 18.6 Å². The number of hydrogen-bond acceptors (Lipinski definition) is 3. The van der Waals surface area contributed by atoms with Gasteiger partial charge in [0.2, 0.25) is 0 Å². The van der Waals surface area contributed by atoms with Gasteiger partial charge in [-0.1, -0.05) is 19.1 Å². The van der Waals surface area contributed by atoms with Crippen molar-refractivity contribution >= 4 is 0 Å². The molecule has 0 saturated carbocycles. The number of benzene rings is 1. The Morgan fingerprint density at radius 3 is 2.32 bits per heavy atom. The minimum atomic E-state index is -4.32. The second kappa shape index (κ2) is 7.35. The predicted molar refractivity (Wildman–Crippen MR) is 66.3 cm³/mol. The molecule has 1 aromatic rings. The molecule has 1 rings (SSSR count). The van der Waals surface area contributed by atoms with Crippen molar-refractivity contribution in [2.75, 3.05) is 26.8 Å². The molecule has 0 spiro atoms. The smallest absolute Gasteiger partial charge is 0.411 e. The Morgan fingerprint density at radius 1 is 1.21 bits per heavy atom. The summed E-state index contributed by atoms with van der Waals surface area (Å²) in [6.07, 6.45) is -4.95. The molecule has 0 fully saturated rings. The van der Waals surface area contributed by atoms with Gasteiger partial charge in [-0.15, -0.1) is 0 Å². The molecule has 108 valence electrons. The van der Waals surface area contributed by atoms with Crippen LogP contribution in [0, 0.1) is 0 Å². The highest BCUT2D eigenvalue weighted by atomic mass is 19.4. The molecule has 0 aromatic heterocycles. The van der Waals surface area contributed by atoms with E-state index in [9.17, 15) is 13.2 Å². The highest BCUT2D eigenvalue weighted by Crippen LogP contribution is 2.23. The molecule has 0 saturated heterocycles. The SMILES string of the molecule is CCNCC(OCC(F)(F)F)c1ccc(OC)cc1. The van der Waals surface area contributed by atoms with Gasteiger partial charge in [-0.25, -0.2) is 0 Å². The van der Waals surface area contributed by atoms with Gasteiger partial charge in [0.05, 0.1) is 13.2 Å². The van der Waals surface area contributed by atoms with Gasteiger partial charge in [-0.05, 0) is 24.2 Å². The van der Waals surface area contributed by atoms with Gasteiger partial charge in [0.1, 0.15) is 12.4 Å². The molecule has 1 N–H and O–H groups in total. The van der Waals surface area contributed by atoms with Crippen LogP contribution in [-0.2, 0) is 4.74 Å². The van der Waals surface area contributed by atoms with Crippen LogP contribution in [0.15, 0.2) is 24.3 Å². The molecule has 0 radical (unpaired) electrons. The van der Waals surface area contributed by atoms with Gasteiger partial charge < -0.3 is 14.8 Å². The maximum Gasteiger partial charge on any atom is 0.411 e. The number of ether oxygens (including phenoxy) is 2. The molecule has 3 nitrogen and oxygen atoms in total. The maximum atomic E-state index is 12.2. The summed E-state index contributed by atoms with van der Waals surface area (Å²) in [6, 6.07) is 6.81. The first kappa shape index (κ1) is 15.8. The lowest BCUT2D eigenvalue weighted by Crippen LogP contribution is -2.27. The number of methoxy groups -OCH3 is 1. The van der Waals surface area contributed by atoms with Crippen LogP contribution in [-0.4, -0.2) is 33.0 Å². The van der Waals surface area contributed by atoms with E-state index in [1.54, 1.807) is 24.3 Å². The summed E-state index contributed by atoms with van der Waals surface area (Å²) < 4.78 is 46.6. The van der Waals surface area contributed by atoms with Crippen molar-refractivity contribution in [3.63, 3.8) is 0 Å². The Kier molecular flexibility index (Phi) is 6.11. The average molecular weight is 277 g/mol. The first-order valence-corrected chi connectivity index (χ1v) is 5.99. The topological polar surface area (TPSA) is 30.5 Å². The number of hydrogen-bond donors (Lipinski definition) is 1. The fourth-order valence-electron chi connectivity index (χ4n) is 1.56. The van der Waals surface area contributed by atoms with Crippen molar-refractivity contribution in [2.24, 2.45) is 0 Å². The van der Waals surface area contributed by atoms with Gasteiger partial charge in [0, 0.05) is 6.54 Å². The molecule has 0 aliphatic rings. The molecule has 0 amide bonds. The fraction of sp³-hybridized carbons (Fsp3) is 0.538. The van der Waals surface area contributed by atoms with Crippen molar-refractivity contribution < 1.29 is 22.6 Å². The van der Waals surface area contributed by atoms with Crippen molar-refractivity contribution in [2.45, 2.75) is 19.2 Å². The summed E-state index contributed by atoms with van der Waals surface area (Å²) in [6.45, 7) is 1.63. The zero-order valence-electron chi connectivity index (χ0n) is 11.0. The zero-order valence-corrected chi connectivity index (χ0v) is 11.0. The lowest BCUT2D eigenvalue weighted by molar-refractivity contribution is -0.185. The first-order valence-electron chi connectivity index (χ1n) is 5.99. The second-order valence-corrected chi connectivity index (χ2v) is 4.00. The van der Waals surface area contributed by atoms with E-state index >= 15 is 0 Å². The molecular formula is C13H18F3NO2. The summed E-state index contributed by atoms with van der Waals surface area (Å²) in [7, 11) is 1.53. The van der Waals surface area contributed by atoms with Crippen LogP contribution in [0.25, 0.3) is 0 Å². The van der Waals surface area contributed by atoms with E-state index in [2.05, 4.69) is 5.32 Å². The third-order valence-electron chi connectivity index (χ3n) is 2.52. The molecule has 0 aliphatic heterocycles. The third-order valence-corrected chi connectivity index (χ3v) is 2.52. The standard InChI is InChI=1S/C13H18F3NO2/c1-3-17-8-12(19-9-13(14,15)16)10-4-6-11(18-2)7-5-10/h4-7,12,17H,3,8-9H2,1-2H3. The first-order chi connectivity index (χ1) is 8.96. The van der Waals surface area contributed by atoms with E-state index in [-0.39, 0.29) is 0 Å². The predicted octanol–water partition coefficient (Wildman–Crippen LogP) is 2.92. The van der Waals surface area contributed by atoms with Gasteiger partial charge in [-0.3, -0.25) is 0 Å². The molecule has 6 heteroatoms. The number of likely N-dealkylation sites (N-methyl/N-ethyl adjacent to an activating group) is 1. The summed E-state index contributed by atoms with van der Waals surface area (Å²) in [5.74, 6) is 0.654. The fourth-order valence-corrected chi connectivity index (χ4v) is 1.56. The van der Waals surface area contributed by atoms with Crippen LogP contribution in [0.3, 0.4) is 0 Å². The number of nitrogens with one attached hydrogen (secondary N) is 1. The van der Waals surface area contributed by atoms with E-state index < -0.39 is 18.9 Å². The lowest BCUT2D eigenvalue weighted by atomic mass is 10.1. The molecule has 0 heterocycles. The van der Waals surface area contributed by atoms with Gasteiger partial charge in [0.25, 0.3) is 0 Å². The summed E-state index contributed by atoms with van der Waals surface area (Å²) >= 11 is 0. The molecule has 0 aliphatic carbocycles. The number of halogens is 3. The van der Waals surface area contributed by atoms with E-state index in [1.165, 1.54) is 7.11 Å². The summed E-state index contributed by atoms with van der Waals surface area (Å²) in [5.41, 5.74) is 0.686. The molecule has 19 heavy (non-hydrogen) atoms. The van der Waals surface area contributed by atoms with Crippen LogP contribution < -0.4 is 10.1 Å². The lowest BCUT2D eigenvalue weighted by Gasteiger charge is -2.20. The number of rotatable bonds is 7. The Bertz CT molecular complexity index is 365. The molecule has 0 bridgehead atoms. The maximum absolute atomic E-state index is 12.2. The average Bonchev–Trinajstić information content (AvgIpc) is 2.38. The highest BCUT2D eigenvalue weighted by molar-refractivity contribution is 5.28. The quantitative estimate of drug-likeness (QED) is 0.831. The van der Waals surface area contributed by atoms with Gasteiger partial charge in [-0.2, -0.15) is 13.2 Å². The van der Waals surface area contributed by atoms with E-state index in [1.807, 2.05) is 6.92 Å². The number of alkyl halides is 3. The Labute approximate surface area is 110 Å². The van der Waals surface area contributed by atoms with Crippen LogP contribution >= 0.6 is 0 Å². The van der Waals surface area contributed by atoms with Crippen LogP contribution in [0.2, 0.25) is 0 Å². The highest BCUT2D eigenvalue weighted by Gasteiger charge is 2.29. The van der Waals surface area contributed by atoms with Gasteiger partial charge >= 0.3 is 6.18 Å². The van der Waals surface area contributed by atoms with Crippen molar-refractivity contribution in [1.29, 1.82) is 0 Å². The normalized spacial score (nSPS) is 13.3.